The van der Waals surface area contributed by atoms with Gasteiger partial charge in [0.25, 0.3) is 0 Å². The molecule has 0 unspecified atom stereocenters. The minimum atomic E-state index is -0.922. The van der Waals surface area contributed by atoms with Crippen LogP contribution in [0.4, 0.5) is 0 Å². The predicted octanol–water partition coefficient (Wildman–Crippen LogP) is -0.477. The van der Waals surface area contributed by atoms with Crippen molar-refractivity contribution >= 4 is 11.8 Å². The highest BCUT2D eigenvalue weighted by Crippen LogP contribution is 2.28. The molecule has 0 spiro atoms. The molecule has 2 N–H and O–H groups in total. The van der Waals surface area contributed by atoms with Crippen LogP contribution in [0, 0.1) is 11.8 Å². The van der Waals surface area contributed by atoms with Gasteiger partial charge in [-0.05, 0) is 0 Å². The normalized spacial score (nSPS) is 26.5. The maximum atomic E-state index is 12.7. The molecule has 0 saturated carbocycles. The van der Waals surface area contributed by atoms with Crippen LogP contribution in [-0.2, 0) is 22.7 Å². The van der Waals surface area contributed by atoms with Crippen LogP contribution in [0.2, 0.25) is 0 Å². The Labute approximate surface area is 128 Å². The van der Waals surface area contributed by atoms with E-state index in [4.69, 9.17) is 0 Å². The Bertz CT molecular complexity index is 612. The number of β-lactam (4-membered cyclic amide) rings is 1. The Balaban J connectivity index is 1.68. The average Bonchev–Trinajstić information content (AvgIpc) is 2.98. The first-order chi connectivity index (χ1) is 10.5. The number of imidazole rings is 1. The Morgan fingerprint density at radius 2 is 2.36 bits per heavy atom. The van der Waals surface area contributed by atoms with Crippen molar-refractivity contribution in [3.8, 4) is 0 Å². The van der Waals surface area contributed by atoms with Crippen molar-refractivity contribution in [3.05, 3.63) is 30.9 Å². The Morgan fingerprint density at radius 3 is 3.05 bits per heavy atom. The number of aliphatic hydroxyl groups is 1. The van der Waals surface area contributed by atoms with Gasteiger partial charge in [-0.15, -0.1) is 6.58 Å². The first kappa shape index (κ1) is 14.8. The highest BCUT2D eigenvalue weighted by Gasteiger charge is 2.48. The summed E-state index contributed by atoms with van der Waals surface area (Å²) in [4.78, 5) is 30.3. The van der Waals surface area contributed by atoms with Gasteiger partial charge in [-0.25, -0.2) is 4.98 Å². The summed E-state index contributed by atoms with van der Waals surface area (Å²) in [7, 11) is 0. The average molecular weight is 304 g/mol. The van der Waals surface area contributed by atoms with Crippen LogP contribution in [0.5, 0.6) is 0 Å². The van der Waals surface area contributed by atoms with Crippen molar-refractivity contribution in [2.24, 2.45) is 11.8 Å². The van der Waals surface area contributed by atoms with Gasteiger partial charge in [0, 0.05) is 25.5 Å². The van der Waals surface area contributed by atoms with E-state index in [2.05, 4.69) is 16.9 Å². The van der Waals surface area contributed by atoms with Gasteiger partial charge in [-0.2, -0.15) is 0 Å². The van der Waals surface area contributed by atoms with Crippen LogP contribution >= 0.6 is 0 Å². The molecule has 3 heterocycles. The molecule has 1 aromatic heterocycles. The van der Waals surface area contributed by atoms with Crippen LogP contribution in [0.3, 0.4) is 0 Å². The number of aliphatic hydroxyl groups excluding tert-OH is 1. The summed E-state index contributed by atoms with van der Waals surface area (Å²) < 4.78 is 2.03. The van der Waals surface area contributed by atoms with Crippen molar-refractivity contribution in [1.82, 2.24) is 19.8 Å². The molecule has 1 saturated heterocycles. The van der Waals surface area contributed by atoms with Gasteiger partial charge in [-0.3, -0.25) is 9.59 Å². The maximum Gasteiger partial charge on any atom is 0.228 e. The molecular weight excluding hydrogens is 284 g/mol. The minimum Gasteiger partial charge on any atom is -0.388 e. The second-order valence-electron chi connectivity index (χ2n) is 5.87. The molecule has 2 amide bonds. The summed E-state index contributed by atoms with van der Waals surface area (Å²) in [5.74, 6) is -0.374. The van der Waals surface area contributed by atoms with E-state index < -0.39 is 12.0 Å². The summed E-state index contributed by atoms with van der Waals surface area (Å²) in [6.45, 7) is 7.13. The lowest BCUT2D eigenvalue weighted by atomic mass is 9.78. The molecule has 4 atom stereocenters. The third kappa shape index (κ3) is 2.31. The van der Waals surface area contributed by atoms with E-state index in [1.165, 1.54) is 6.08 Å². The van der Waals surface area contributed by atoms with E-state index in [1.54, 1.807) is 18.0 Å². The summed E-state index contributed by atoms with van der Waals surface area (Å²) in [5.41, 5.74) is 0. The lowest BCUT2D eigenvalue weighted by molar-refractivity contribution is -0.148. The summed E-state index contributed by atoms with van der Waals surface area (Å²) in [6, 6.07) is -0.352. The summed E-state index contributed by atoms with van der Waals surface area (Å²) >= 11 is 0. The topological polar surface area (TPSA) is 87.5 Å². The molecule has 2 aliphatic heterocycles. The molecule has 0 aliphatic carbocycles. The number of hydrogen-bond donors (Lipinski definition) is 2. The number of nitrogens with zero attached hydrogens (tertiary/aromatic N) is 3. The standard InChI is InChI=1S/C15H20N4O3/c1-3-10(20)12-13(17-14(12)21)9(2)15(22)19-7-6-18-5-4-16-11(18)8-19/h3-5,9-10,12-13,20H,1,6-8H2,2H3,(H,17,21)/t9-,10-,12-,13-/m1/s1. The minimum absolute atomic E-state index is 0.0273. The Hall–Kier alpha value is -2.15. The van der Waals surface area contributed by atoms with Crippen molar-refractivity contribution in [2.45, 2.75) is 32.2 Å². The van der Waals surface area contributed by atoms with Crippen molar-refractivity contribution < 1.29 is 14.7 Å². The molecule has 3 rings (SSSR count). The molecule has 1 fully saturated rings. The zero-order chi connectivity index (χ0) is 15.9. The summed E-state index contributed by atoms with van der Waals surface area (Å²) in [5, 5.41) is 12.6. The molecule has 7 nitrogen and oxygen atoms in total. The van der Waals surface area contributed by atoms with Gasteiger partial charge >= 0.3 is 0 Å². The molecular formula is C15H20N4O3. The maximum absolute atomic E-state index is 12.7. The van der Waals surface area contributed by atoms with Crippen LogP contribution in [-0.4, -0.2) is 50.1 Å². The number of aromatic nitrogens is 2. The van der Waals surface area contributed by atoms with Gasteiger partial charge < -0.3 is 19.9 Å². The third-order valence-corrected chi connectivity index (χ3v) is 4.59. The monoisotopic (exact) mass is 304 g/mol. The molecule has 1 aromatic rings. The number of carbonyl (C=O) groups excluding carboxylic acids is 2. The number of amides is 2. The van der Waals surface area contributed by atoms with E-state index in [9.17, 15) is 14.7 Å². The van der Waals surface area contributed by atoms with Crippen molar-refractivity contribution in [3.63, 3.8) is 0 Å². The zero-order valence-corrected chi connectivity index (χ0v) is 12.5. The fourth-order valence-corrected chi connectivity index (χ4v) is 3.17. The van der Waals surface area contributed by atoms with Crippen LogP contribution in [0.15, 0.2) is 25.0 Å². The van der Waals surface area contributed by atoms with Gasteiger partial charge in [0.1, 0.15) is 5.82 Å². The fourth-order valence-electron chi connectivity index (χ4n) is 3.17. The molecule has 118 valence electrons. The first-order valence-corrected chi connectivity index (χ1v) is 7.42. The number of fused-ring (bicyclic) bond motifs is 1. The smallest absolute Gasteiger partial charge is 0.228 e. The van der Waals surface area contributed by atoms with Crippen LogP contribution < -0.4 is 5.32 Å². The predicted molar refractivity (Wildman–Crippen MR) is 78.4 cm³/mol. The highest BCUT2D eigenvalue weighted by atomic mass is 16.3. The van der Waals surface area contributed by atoms with Gasteiger partial charge in [0.05, 0.1) is 30.5 Å². The molecule has 0 bridgehead atoms. The Kier molecular flexibility index (Phi) is 3.74. The second kappa shape index (κ2) is 5.57. The van der Waals surface area contributed by atoms with E-state index in [0.717, 1.165) is 12.4 Å². The Morgan fingerprint density at radius 1 is 1.59 bits per heavy atom. The number of rotatable bonds is 4. The SMILES string of the molecule is C=C[C@@H](O)[C@H]1C(=O)N[C@@H]1[C@@H](C)C(=O)N1CCn2ccnc2C1. The lowest BCUT2D eigenvalue weighted by Crippen LogP contribution is -2.66. The lowest BCUT2D eigenvalue weighted by Gasteiger charge is -2.43. The van der Waals surface area contributed by atoms with E-state index >= 15 is 0 Å². The largest absolute Gasteiger partial charge is 0.388 e. The van der Waals surface area contributed by atoms with E-state index in [0.29, 0.717) is 13.1 Å². The van der Waals surface area contributed by atoms with Gasteiger partial charge in [-0.1, -0.05) is 13.0 Å². The van der Waals surface area contributed by atoms with Crippen molar-refractivity contribution in [2.75, 3.05) is 6.54 Å². The molecule has 7 heteroatoms. The zero-order valence-electron chi connectivity index (χ0n) is 12.5. The third-order valence-electron chi connectivity index (χ3n) is 4.59. The second-order valence-corrected chi connectivity index (χ2v) is 5.87. The number of hydrogen-bond acceptors (Lipinski definition) is 4. The molecule has 22 heavy (non-hydrogen) atoms. The summed E-state index contributed by atoms with van der Waals surface area (Å²) in [6.07, 6.45) is 4.05. The highest BCUT2D eigenvalue weighted by molar-refractivity contribution is 5.90. The van der Waals surface area contributed by atoms with Crippen LogP contribution in [0.25, 0.3) is 0 Å². The fraction of sp³-hybridized carbons (Fsp3) is 0.533. The van der Waals surface area contributed by atoms with E-state index in [1.807, 2.05) is 10.8 Å². The van der Waals surface area contributed by atoms with E-state index in [-0.39, 0.29) is 23.8 Å². The molecule has 2 aliphatic rings. The van der Waals surface area contributed by atoms with Crippen LogP contribution in [0.1, 0.15) is 12.7 Å². The first-order valence-electron chi connectivity index (χ1n) is 7.42. The molecule has 0 radical (unpaired) electrons. The van der Waals surface area contributed by atoms with Crippen molar-refractivity contribution in [1.29, 1.82) is 0 Å². The number of nitrogens with one attached hydrogen (secondary N) is 1. The number of carbonyl (C=O) groups is 2. The van der Waals surface area contributed by atoms with Gasteiger partial charge in [0.2, 0.25) is 11.8 Å². The van der Waals surface area contributed by atoms with Gasteiger partial charge in [0.15, 0.2) is 0 Å². The quantitative estimate of drug-likeness (QED) is 0.581. The molecule has 0 aromatic carbocycles.